The van der Waals surface area contributed by atoms with E-state index in [1.54, 1.807) is 56.0 Å². The Morgan fingerprint density at radius 1 is 1.23 bits per heavy atom. The highest BCUT2D eigenvalue weighted by molar-refractivity contribution is 6.15. The summed E-state index contributed by atoms with van der Waals surface area (Å²) in [5, 5.41) is 4.07. The molecule has 0 saturated carbocycles. The Balaban J connectivity index is 2.09. The van der Waals surface area contributed by atoms with Crippen LogP contribution in [-0.4, -0.2) is 23.0 Å². The summed E-state index contributed by atoms with van der Waals surface area (Å²) in [7, 11) is 1.57. The van der Waals surface area contributed by atoms with Crippen LogP contribution in [0, 0.1) is 0 Å². The zero-order chi connectivity index (χ0) is 15.5. The van der Waals surface area contributed by atoms with Gasteiger partial charge >= 0.3 is 0 Å². The first-order chi connectivity index (χ1) is 10.7. The molecule has 0 aliphatic heterocycles. The number of hydrogen-bond donors (Lipinski definition) is 2. The van der Waals surface area contributed by atoms with Crippen molar-refractivity contribution in [3.63, 3.8) is 0 Å². The average Bonchev–Trinajstić information content (AvgIpc) is 2.56. The molecule has 0 spiro atoms. The second-order valence-electron chi connectivity index (χ2n) is 4.63. The molecule has 2 aromatic heterocycles. The number of aromatic nitrogens is 2. The molecule has 0 radical (unpaired) electrons. The average molecular weight is 294 g/mol. The molecular weight excluding hydrogens is 280 g/mol. The number of pyridine rings is 2. The molecule has 22 heavy (non-hydrogen) atoms. The Hall–Kier alpha value is -3.15. The first-order valence-electron chi connectivity index (χ1n) is 6.63. The summed E-state index contributed by atoms with van der Waals surface area (Å²) >= 11 is 0. The number of rotatable bonds is 3. The van der Waals surface area contributed by atoms with Gasteiger partial charge in [0.15, 0.2) is 0 Å². The molecule has 1 amide bonds. The zero-order valence-corrected chi connectivity index (χ0v) is 11.9. The molecule has 3 N–H and O–H groups in total. The van der Waals surface area contributed by atoms with Crippen molar-refractivity contribution < 1.29 is 9.53 Å². The summed E-state index contributed by atoms with van der Waals surface area (Å²) in [4.78, 5) is 20.6. The largest absolute Gasteiger partial charge is 0.496 e. The number of hydrogen-bond acceptors (Lipinski definition) is 5. The number of anilines is 2. The van der Waals surface area contributed by atoms with Gasteiger partial charge in [0.2, 0.25) is 0 Å². The fourth-order valence-electron chi connectivity index (χ4n) is 2.28. The van der Waals surface area contributed by atoms with Crippen LogP contribution in [0.5, 0.6) is 5.75 Å². The lowest BCUT2D eigenvalue weighted by Gasteiger charge is -2.11. The molecule has 6 heteroatoms. The van der Waals surface area contributed by atoms with E-state index in [-0.39, 0.29) is 11.6 Å². The first kappa shape index (κ1) is 13.8. The molecule has 0 bridgehead atoms. The van der Waals surface area contributed by atoms with Crippen LogP contribution in [0.25, 0.3) is 10.8 Å². The van der Waals surface area contributed by atoms with Crippen molar-refractivity contribution in [3.05, 3.63) is 54.6 Å². The smallest absolute Gasteiger partial charge is 0.275 e. The SMILES string of the molecule is COc1ccc(N)c2c(C(=O)Nc3cccnc3)nccc12. The summed E-state index contributed by atoms with van der Waals surface area (Å²) < 4.78 is 5.31. The summed E-state index contributed by atoms with van der Waals surface area (Å²) in [6.45, 7) is 0. The summed E-state index contributed by atoms with van der Waals surface area (Å²) in [5.74, 6) is 0.292. The van der Waals surface area contributed by atoms with Crippen molar-refractivity contribution in [1.29, 1.82) is 0 Å². The molecule has 0 unspecified atom stereocenters. The number of amides is 1. The second kappa shape index (κ2) is 5.69. The molecule has 0 aliphatic rings. The van der Waals surface area contributed by atoms with Gasteiger partial charge in [-0.2, -0.15) is 0 Å². The van der Waals surface area contributed by atoms with Gasteiger partial charge in [0, 0.05) is 28.9 Å². The number of nitrogens with zero attached hydrogens (tertiary/aromatic N) is 2. The molecule has 6 nitrogen and oxygen atoms in total. The third-order valence-corrected chi connectivity index (χ3v) is 3.27. The Bertz CT molecular complexity index is 834. The Labute approximate surface area is 127 Å². The molecule has 0 saturated heterocycles. The van der Waals surface area contributed by atoms with Crippen molar-refractivity contribution in [2.45, 2.75) is 0 Å². The summed E-state index contributed by atoms with van der Waals surface area (Å²) in [6.07, 6.45) is 4.75. The molecule has 0 aliphatic carbocycles. The maximum absolute atomic E-state index is 12.5. The minimum absolute atomic E-state index is 0.248. The number of ether oxygens (including phenoxy) is 1. The molecule has 2 heterocycles. The van der Waals surface area contributed by atoms with Gasteiger partial charge in [-0.1, -0.05) is 0 Å². The molecule has 110 valence electrons. The van der Waals surface area contributed by atoms with Gasteiger partial charge in [-0.3, -0.25) is 14.8 Å². The topological polar surface area (TPSA) is 90.1 Å². The Morgan fingerprint density at radius 2 is 2.09 bits per heavy atom. The van der Waals surface area contributed by atoms with Crippen LogP contribution in [0.4, 0.5) is 11.4 Å². The van der Waals surface area contributed by atoms with Gasteiger partial charge in [0.25, 0.3) is 5.91 Å². The fourth-order valence-corrected chi connectivity index (χ4v) is 2.28. The van der Waals surface area contributed by atoms with E-state index in [0.29, 0.717) is 22.5 Å². The number of methoxy groups -OCH3 is 1. The van der Waals surface area contributed by atoms with Crippen LogP contribution in [0.2, 0.25) is 0 Å². The highest BCUT2D eigenvalue weighted by atomic mass is 16.5. The number of benzene rings is 1. The Morgan fingerprint density at radius 3 is 2.82 bits per heavy atom. The number of nitrogens with one attached hydrogen (secondary N) is 1. The van der Waals surface area contributed by atoms with Crippen molar-refractivity contribution in [1.82, 2.24) is 9.97 Å². The van der Waals surface area contributed by atoms with E-state index in [0.717, 1.165) is 5.39 Å². The predicted molar refractivity (Wildman–Crippen MR) is 84.9 cm³/mol. The predicted octanol–water partition coefficient (Wildman–Crippen LogP) is 2.47. The van der Waals surface area contributed by atoms with E-state index in [2.05, 4.69) is 15.3 Å². The second-order valence-corrected chi connectivity index (χ2v) is 4.63. The van der Waals surface area contributed by atoms with Crippen molar-refractivity contribution in [2.75, 3.05) is 18.2 Å². The molecule has 0 fully saturated rings. The van der Waals surface area contributed by atoms with Gasteiger partial charge in [0.1, 0.15) is 11.4 Å². The number of nitrogens with two attached hydrogens (primary N) is 1. The van der Waals surface area contributed by atoms with E-state index in [1.165, 1.54) is 0 Å². The molecule has 3 aromatic rings. The normalized spacial score (nSPS) is 10.4. The van der Waals surface area contributed by atoms with Gasteiger partial charge in [-0.15, -0.1) is 0 Å². The highest BCUT2D eigenvalue weighted by Gasteiger charge is 2.16. The molecule has 3 rings (SSSR count). The van der Waals surface area contributed by atoms with Crippen LogP contribution >= 0.6 is 0 Å². The highest BCUT2D eigenvalue weighted by Crippen LogP contribution is 2.31. The molecule has 0 atom stereocenters. The quantitative estimate of drug-likeness (QED) is 0.724. The summed E-state index contributed by atoms with van der Waals surface area (Å²) in [5.41, 5.74) is 7.33. The minimum atomic E-state index is -0.349. The van der Waals surface area contributed by atoms with Gasteiger partial charge in [-0.05, 0) is 30.3 Å². The third-order valence-electron chi connectivity index (χ3n) is 3.27. The number of nitrogen functional groups attached to an aromatic ring is 1. The maximum atomic E-state index is 12.5. The number of carbonyl (C=O) groups is 1. The van der Waals surface area contributed by atoms with E-state index in [9.17, 15) is 4.79 Å². The summed E-state index contributed by atoms with van der Waals surface area (Å²) in [6, 6.07) is 8.72. The Kier molecular flexibility index (Phi) is 3.57. The van der Waals surface area contributed by atoms with Crippen LogP contribution in [0.1, 0.15) is 10.5 Å². The molecule has 1 aromatic carbocycles. The standard InChI is InChI=1S/C16H14N4O2/c1-22-13-5-4-12(17)14-11(13)6-8-19-15(14)16(21)20-10-3-2-7-18-9-10/h2-9H,17H2,1H3,(H,20,21). The van der Waals surface area contributed by atoms with Crippen molar-refractivity contribution in [3.8, 4) is 5.75 Å². The van der Waals surface area contributed by atoms with Crippen LogP contribution in [-0.2, 0) is 0 Å². The van der Waals surface area contributed by atoms with E-state index < -0.39 is 0 Å². The monoisotopic (exact) mass is 294 g/mol. The zero-order valence-electron chi connectivity index (χ0n) is 11.9. The fraction of sp³-hybridized carbons (Fsp3) is 0.0625. The van der Waals surface area contributed by atoms with E-state index in [1.807, 2.05) is 0 Å². The third kappa shape index (κ3) is 2.42. The van der Waals surface area contributed by atoms with Crippen LogP contribution < -0.4 is 15.8 Å². The maximum Gasteiger partial charge on any atom is 0.275 e. The van der Waals surface area contributed by atoms with E-state index in [4.69, 9.17) is 10.5 Å². The van der Waals surface area contributed by atoms with E-state index >= 15 is 0 Å². The van der Waals surface area contributed by atoms with Gasteiger partial charge < -0.3 is 15.8 Å². The minimum Gasteiger partial charge on any atom is -0.496 e. The number of fused-ring (bicyclic) bond motifs is 1. The lowest BCUT2D eigenvalue weighted by atomic mass is 10.1. The lowest BCUT2D eigenvalue weighted by molar-refractivity contribution is 0.102. The van der Waals surface area contributed by atoms with Gasteiger partial charge in [-0.25, -0.2) is 0 Å². The first-order valence-corrected chi connectivity index (χ1v) is 6.63. The van der Waals surface area contributed by atoms with Crippen molar-refractivity contribution in [2.24, 2.45) is 0 Å². The molecular formula is C16H14N4O2. The van der Waals surface area contributed by atoms with Gasteiger partial charge in [0.05, 0.1) is 19.0 Å². The lowest BCUT2D eigenvalue weighted by Crippen LogP contribution is -2.15. The number of carbonyl (C=O) groups excluding carboxylic acids is 1. The van der Waals surface area contributed by atoms with Crippen LogP contribution in [0.15, 0.2) is 48.9 Å². The van der Waals surface area contributed by atoms with Crippen LogP contribution in [0.3, 0.4) is 0 Å². The van der Waals surface area contributed by atoms with Crippen molar-refractivity contribution >= 4 is 28.1 Å².